The van der Waals surface area contributed by atoms with Crippen molar-refractivity contribution in [2.45, 2.75) is 19.5 Å². The number of nitrogens with one attached hydrogen (secondary N) is 1. The molecule has 0 amide bonds. The summed E-state index contributed by atoms with van der Waals surface area (Å²) in [5, 5.41) is 0.542. The van der Waals surface area contributed by atoms with Gasteiger partial charge in [-0.2, -0.15) is 18.2 Å². The van der Waals surface area contributed by atoms with Crippen molar-refractivity contribution in [2.75, 3.05) is 0 Å². The Morgan fingerprint density at radius 1 is 1.35 bits per heavy atom. The van der Waals surface area contributed by atoms with E-state index in [4.69, 9.17) is 0 Å². The van der Waals surface area contributed by atoms with E-state index >= 15 is 0 Å². The van der Waals surface area contributed by atoms with Crippen LogP contribution < -0.4 is 5.69 Å². The molecule has 1 heterocycles. The normalized spacial score (nSPS) is 12.0. The van der Waals surface area contributed by atoms with E-state index in [0.717, 1.165) is 12.1 Å². The van der Waals surface area contributed by atoms with Crippen LogP contribution in [0.25, 0.3) is 10.9 Å². The molecule has 2 rings (SSSR count). The number of benzene rings is 1. The van der Waals surface area contributed by atoms with E-state index < -0.39 is 17.4 Å². The van der Waals surface area contributed by atoms with E-state index in [-0.39, 0.29) is 5.52 Å². The molecule has 3 nitrogen and oxygen atoms in total. The van der Waals surface area contributed by atoms with Crippen molar-refractivity contribution in [1.29, 1.82) is 0 Å². The molecule has 0 saturated carbocycles. The van der Waals surface area contributed by atoms with Crippen LogP contribution in [0.15, 0.2) is 23.0 Å². The monoisotopic (exact) mass is 242 g/mol. The van der Waals surface area contributed by atoms with Crippen molar-refractivity contribution in [3.8, 4) is 0 Å². The van der Waals surface area contributed by atoms with Crippen molar-refractivity contribution in [1.82, 2.24) is 9.97 Å². The molecule has 90 valence electrons. The number of halogens is 3. The molecule has 0 aliphatic heterocycles. The van der Waals surface area contributed by atoms with Crippen molar-refractivity contribution >= 4 is 10.9 Å². The number of H-pyrrole nitrogens is 1. The first-order chi connectivity index (χ1) is 7.91. The van der Waals surface area contributed by atoms with Gasteiger partial charge < -0.3 is 4.98 Å². The van der Waals surface area contributed by atoms with E-state index in [0.29, 0.717) is 17.5 Å². The number of alkyl halides is 3. The highest BCUT2D eigenvalue weighted by molar-refractivity contribution is 5.81. The molecule has 0 spiro atoms. The molecule has 0 saturated heterocycles. The van der Waals surface area contributed by atoms with Crippen LogP contribution in [0.2, 0.25) is 0 Å². The van der Waals surface area contributed by atoms with Crippen LogP contribution in [0.5, 0.6) is 0 Å². The summed E-state index contributed by atoms with van der Waals surface area (Å²) in [6, 6.07) is 3.21. The number of hydrogen-bond donors (Lipinski definition) is 1. The molecule has 1 aromatic heterocycles. The lowest BCUT2D eigenvalue weighted by atomic mass is 10.1. The van der Waals surface area contributed by atoms with E-state index in [1.165, 1.54) is 6.07 Å². The second kappa shape index (κ2) is 3.87. The average Bonchev–Trinajstić information content (AvgIpc) is 2.25. The minimum absolute atomic E-state index is 0.0698. The largest absolute Gasteiger partial charge is 0.416 e. The van der Waals surface area contributed by atoms with E-state index in [1.807, 2.05) is 6.92 Å². The van der Waals surface area contributed by atoms with Gasteiger partial charge in [-0.15, -0.1) is 0 Å². The van der Waals surface area contributed by atoms with Gasteiger partial charge in [0, 0.05) is 11.1 Å². The third-order valence-electron chi connectivity index (χ3n) is 2.48. The highest BCUT2D eigenvalue weighted by atomic mass is 19.4. The second-order valence-corrected chi connectivity index (χ2v) is 3.60. The third-order valence-corrected chi connectivity index (χ3v) is 2.48. The van der Waals surface area contributed by atoms with Crippen LogP contribution in [0.1, 0.15) is 18.2 Å². The predicted octanol–water partition coefficient (Wildman–Crippen LogP) is 2.50. The van der Waals surface area contributed by atoms with Crippen LogP contribution in [-0.2, 0) is 12.6 Å². The van der Waals surface area contributed by atoms with Gasteiger partial charge in [0.1, 0.15) is 0 Å². The number of nitrogens with zero attached hydrogens (tertiary/aromatic N) is 1. The molecule has 0 aliphatic rings. The summed E-state index contributed by atoms with van der Waals surface area (Å²) >= 11 is 0. The zero-order chi connectivity index (χ0) is 12.6. The van der Waals surface area contributed by atoms with E-state index in [2.05, 4.69) is 9.97 Å². The predicted molar refractivity (Wildman–Crippen MR) is 56.7 cm³/mol. The maximum Gasteiger partial charge on any atom is 0.416 e. The molecule has 0 bridgehead atoms. The molecule has 1 N–H and O–H groups in total. The van der Waals surface area contributed by atoms with Crippen LogP contribution in [0.3, 0.4) is 0 Å². The average molecular weight is 242 g/mol. The van der Waals surface area contributed by atoms with Gasteiger partial charge in [-0.05, 0) is 18.6 Å². The lowest BCUT2D eigenvalue weighted by Gasteiger charge is -2.08. The lowest BCUT2D eigenvalue weighted by Crippen LogP contribution is -2.14. The Morgan fingerprint density at radius 2 is 2.06 bits per heavy atom. The van der Waals surface area contributed by atoms with Gasteiger partial charge in [0.25, 0.3) is 0 Å². The quantitative estimate of drug-likeness (QED) is 0.835. The van der Waals surface area contributed by atoms with Gasteiger partial charge in [0.05, 0.1) is 11.1 Å². The first-order valence-corrected chi connectivity index (χ1v) is 5.02. The van der Waals surface area contributed by atoms with Gasteiger partial charge in [-0.25, -0.2) is 4.79 Å². The van der Waals surface area contributed by atoms with Gasteiger partial charge in [0.15, 0.2) is 0 Å². The van der Waals surface area contributed by atoms with Crippen molar-refractivity contribution in [2.24, 2.45) is 0 Å². The van der Waals surface area contributed by atoms with E-state index in [9.17, 15) is 18.0 Å². The number of aromatic amines is 1. The molecule has 0 atom stereocenters. The molecule has 1 aromatic carbocycles. The molecule has 2 aromatic rings. The summed E-state index contributed by atoms with van der Waals surface area (Å²) in [6.07, 6.45) is -3.90. The number of fused-ring (bicyclic) bond motifs is 1. The fraction of sp³-hybridized carbons (Fsp3) is 0.273. The standard InChI is InChI=1S/C11H9F3N2O/c1-2-8-7-4-3-6(11(12,13)14)5-9(7)16-10(17)15-8/h3-5H,2H2,1H3,(H,15,16,17). The number of aromatic nitrogens is 2. The summed E-state index contributed by atoms with van der Waals surface area (Å²) in [4.78, 5) is 17.2. The SMILES string of the molecule is CCc1[nH]c(=O)nc2cc(C(F)(F)F)ccc12. The molecule has 0 fully saturated rings. The van der Waals surface area contributed by atoms with Crippen LogP contribution >= 0.6 is 0 Å². The Hall–Kier alpha value is -1.85. The Balaban J connectivity index is 2.74. The minimum Gasteiger partial charge on any atom is -0.309 e. The highest BCUT2D eigenvalue weighted by Crippen LogP contribution is 2.31. The fourth-order valence-corrected chi connectivity index (χ4v) is 1.67. The van der Waals surface area contributed by atoms with Gasteiger partial charge in [-0.3, -0.25) is 0 Å². The topological polar surface area (TPSA) is 45.8 Å². The Bertz CT molecular complexity index is 616. The smallest absolute Gasteiger partial charge is 0.309 e. The lowest BCUT2D eigenvalue weighted by molar-refractivity contribution is -0.137. The molecule has 17 heavy (non-hydrogen) atoms. The van der Waals surface area contributed by atoms with Gasteiger partial charge in [0.2, 0.25) is 0 Å². The van der Waals surface area contributed by atoms with Crippen LogP contribution in [0, 0.1) is 0 Å². The van der Waals surface area contributed by atoms with Crippen LogP contribution in [-0.4, -0.2) is 9.97 Å². The second-order valence-electron chi connectivity index (χ2n) is 3.60. The molecular weight excluding hydrogens is 233 g/mol. The van der Waals surface area contributed by atoms with E-state index in [1.54, 1.807) is 0 Å². The fourth-order valence-electron chi connectivity index (χ4n) is 1.67. The summed E-state index contributed by atoms with van der Waals surface area (Å²) in [7, 11) is 0. The van der Waals surface area contributed by atoms with Gasteiger partial charge in [-0.1, -0.05) is 13.0 Å². The first kappa shape index (κ1) is 11.6. The Morgan fingerprint density at radius 3 is 2.65 bits per heavy atom. The zero-order valence-corrected chi connectivity index (χ0v) is 8.93. The summed E-state index contributed by atoms with van der Waals surface area (Å²) in [5.41, 5.74) is -0.770. The molecular formula is C11H9F3N2O. The Kier molecular flexibility index (Phi) is 2.65. The summed E-state index contributed by atoms with van der Waals surface area (Å²) < 4.78 is 37.5. The molecule has 0 unspecified atom stereocenters. The van der Waals surface area contributed by atoms with Crippen molar-refractivity contribution < 1.29 is 13.2 Å². The summed E-state index contributed by atoms with van der Waals surface area (Å²) in [5.74, 6) is 0. The molecule has 0 radical (unpaired) electrons. The number of rotatable bonds is 1. The first-order valence-electron chi connectivity index (χ1n) is 5.02. The Labute approximate surface area is 94.3 Å². The highest BCUT2D eigenvalue weighted by Gasteiger charge is 2.30. The maximum atomic E-state index is 12.5. The van der Waals surface area contributed by atoms with Crippen molar-refractivity contribution in [3.63, 3.8) is 0 Å². The number of aryl methyl sites for hydroxylation is 1. The molecule has 0 aliphatic carbocycles. The summed E-state index contributed by atoms with van der Waals surface area (Å²) in [6.45, 7) is 1.81. The van der Waals surface area contributed by atoms with Crippen LogP contribution in [0.4, 0.5) is 13.2 Å². The number of hydrogen-bond acceptors (Lipinski definition) is 2. The minimum atomic E-state index is -4.43. The van der Waals surface area contributed by atoms with Crippen molar-refractivity contribution in [3.05, 3.63) is 39.9 Å². The molecule has 6 heteroatoms. The van der Waals surface area contributed by atoms with Gasteiger partial charge >= 0.3 is 11.9 Å². The third kappa shape index (κ3) is 2.15. The maximum absolute atomic E-state index is 12.5. The zero-order valence-electron chi connectivity index (χ0n) is 8.93.